The Balaban J connectivity index is 2.50. The van der Waals surface area contributed by atoms with E-state index in [0.717, 1.165) is 11.1 Å². The van der Waals surface area contributed by atoms with Crippen LogP contribution in [0.15, 0.2) is 73.8 Å². The van der Waals surface area contributed by atoms with Gasteiger partial charge in [0.25, 0.3) is 0 Å². The Kier molecular flexibility index (Phi) is 8.07. The highest BCUT2D eigenvalue weighted by atomic mass is 16.3. The van der Waals surface area contributed by atoms with Crippen LogP contribution in [0.2, 0.25) is 0 Å². The van der Waals surface area contributed by atoms with Crippen molar-refractivity contribution >= 4 is 11.6 Å². The molecule has 0 radical (unpaired) electrons. The first-order valence-corrected chi connectivity index (χ1v) is 10.6. The Labute approximate surface area is 190 Å². The second kappa shape index (κ2) is 10.2. The van der Waals surface area contributed by atoms with Crippen LogP contribution in [0.3, 0.4) is 0 Å². The largest absolute Gasteiger partial charge is 0.382 e. The smallest absolute Gasteiger partial charge is 0.193 e. The molecule has 2 aromatic carbocycles. The molecular formula is C27H33NO4. The summed E-state index contributed by atoms with van der Waals surface area (Å²) in [4.78, 5) is 27.0. The molecule has 170 valence electrons. The molecule has 0 amide bonds. The van der Waals surface area contributed by atoms with E-state index >= 15 is 0 Å². The Morgan fingerprint density at radius 2 is 1.09 bits per heavy atom. The molecule has 32 heavy (non-hydrogen) atoms. The summed E-state index contributed by atoms with van der Waals surface area (Å²) in [5.41, 5.74) is -0.122. The predicted molar refractivity (Wildman–Crippen MR) is 128 cm³/mol. The van der Waals surface area contributed by atoms with Gasteiger partial charge < -0.3 is 10.2 Å². The van der Waals surface area contributed by atoms with Gasteiger partial charge in [0, 0.05) is 24.2 Å². The van der Waals surface area contributed by atoms with Gasteiger partial charge in [-0.2, -0.15) is 0 Å². The first-order chi connectivity index (χ1) is 14.9. The highest BCUT2D eigenvalue weighted by Gasteiger charge is 2.28. The Bertz CT molecular complexity index is 881. The first-order valence-electron chi connectivity index (χ1n) is 10.6. The Morgan fingerprint density at radius 3 is 1.34 bits per heavy atom. The van der Waals surface area contributed by atoms with Gasteiger partial charge in [-0.1, -0.05) is 60.7 Å². The van der Waals surface area contributed by atoms with E-state index < -0.39 is 11.2 Å². The minimum atomic E-state index is -1.44. The Morgan fingerprint density at radius 1 is 0.781 bits per heavy atom. The van der Waals surface area contributed by atoms with Gasteiger partial charge in [0.15, 0.2) is 11.6 Å². The molecule has 0 aliphatic rings. The maximum absolute atomic E-state index is 12.4. The number of rotatable bonds is 11. The highest BCUT2D eigenvalue weighted by molar-refractivity contribution is 6.02. The van der Waals surface area contributed by atoms with Crippen LogP contribution in [-0.2, 0) is 0 Å². The van der Waals surface area contributed by atoms with Crippen LogP contribution in [-0.4, -0.2) is 51.0 Å². The molecule has 0 saturated heterocycles. The molecule has 0 unspecified atom stereocenters. The van der Waals surface area contributed by atoms with E-state index in [2.05, 4.69) is 18.1 Å². The van der Waals surface area contributed by atoms with Crippen LogP contribution in [0.25, 0.3) is 0 Å². The lowest BCUT2D eigenvalue weighted by molar-refractivity contribution is 0.0487. The molecule has 5 nitrogen and oxygen atoms in total. The van der Waals surface area contributed by atoms with Crippen molar-refractivity contribution in [2.24, 2.45) is 0 Å². The fourth-order valence-corrected chi connectivity index (χ4v) is 3.57. The summed E-state index contributed by atoms with van der Waals surface area (Å²) < 4.78 is 0. The number of Topliss-reactive ketones (excluding diaryl/α,β-unsaturated/α-hetero) is 2. The van der Waals surface area contributed by atoms with Crippen LogP contribution in [0, 0.1) is 0 Å². The summed E-state index contributed by atoms with van der Waals surface area (Å²) >= 11 is 0. The highest BCUT2D eigenvalue weighted by Crippen LogP contribution is 2.30. The molecule has 0 bridgehead atoms. The Hall–Kier alpha value is -2.86. The van der Waals surface area contributed by atoms with E-state index in [1.165, 1.54) is 27.7 Å². The lowest BCUT2D eigenvalue weighted by Crippen LogP contribution is -2.32. The number of nitrogens with zero attached hydrogens (tertiary/aromatic N) is 1. The van der Waals surface area contributed by atoms with Crippen molar-refractivity contribution in [1.82, 2.24) is 4.90 Å². The predicted octanol–water partition coefficient (Wildman–Crippen LogP) is 4.36. The fourth-order valence-electron chi connectivity index (χ4n) is 3.57. The van der Waals surface area contributed by atoms with Gasteiger partial charge in [0.05, 0.1) is 6.04 Å². The maximum Gasteiger partial charge on any atom is 0.193 e. The molecule has 0 aromatic heterocycles. The third-order valence-corrected chi connectivity index (χ3v) is 5.18. The minimum Gasteiger partial charge on any atom is -0.382 e. The lowest BCUT2D eigenvalue weighted by Gasteiger charge is -2.31. The van der Waals surface area contributed by atoms with E-state index in [0.29, 0.717) is 24.2 Å². The van der Waals surface area contributed by atoms with E-state index in [4.69, 9.17) is 0 Å². The minimum absolute atomic E-state index is 0.177. The van der Waals surface area contributed by atoms with E-state index in [9.17, 15) is 19.8 Å². The summed E-state index contributed by atoms with van der Waals surface area (Å²) in [6.45, 7) is 14.8. The number of ketones is 2. The molecule has 0 aliphatic carbocycles. The first kappa shape index (κ1) is 25.4. The van der Waals surface area contributed by atoms with Gasteiger partial charge in [0.1, 0.15) is 11.2 Å². The van der Waals surface area contributed by atoms with Gasteiger partial charge in [0.2, 0.25) is 0 Å². The maximum atomic E-state index is 12.4. The normalized spacial score (nSPS) is 12.1. The molecule has 0 aliphatic heterocycles. The summed E-state index contributed by atoms with van der Waals surface area (Å²) in [6.07, 6.45) is 3.63. The van der Waals surface area contributed by atoms with Crippen molar-refractivity contribution in [2.75, 3.05) is 13.1 Å². The van der Waals surface area contributed by atoms with Crippen molar-refractivity contribution in [2.45, 2.75) is 44.9 Å². The van der Waals surface area contributed by atoms with Crippen LogP contribution in [0.1, 0.15) is 65.6 Å². The summed E-state index contributed by atoms with van der Waals surface area (Å²) in [5.74, 6) is -0.687. The number of hydrogen-bond donors (Lipinski definition) is 2. The second-order valence-corrected chi connectivity index (χ2v) is 8.95. The monoisotopic (exact) mass is 435 g/mol. The second-order valence-electron chi connectivity index (χ2n) is 8.95. The topological polar surface area (TPSA) is 77.8 Å². The van der Waals surface area contributed by atoms with Gasteiger partial charge in [-0.25, -0.2) is 0 Å². The van der Waals surface area contributed by atoms with Gasteiger partial charge in [-0.15, -0.1) is 13.2 Å². The van der Waals surface area contributed by atoms with Crippen molar-refractivity contribution in [3.63, 3.8) is 0 Å². The lowest BCUT2D eigenvalue weighted by atomic mass is 9.91. The zero-order valence-electron chi connectivity index (χ0n) is 19.3. The number of benzene rings is 2. The quantitative estimate of drug-likeness (QED) is 0.405. The molecule has 2 N–H and O–H groups in total. The number of carbonyl (C=O) groups excluding carboxylic acids is 2. The number of hydrogen-bond acceptors (Lipinski definition) is 5. The standard InChI is InChI=1S/C27H33NO4/c1-7-17-28(18-8-2)23(19-9-13-21(14-10-19)24(29)26(3,4)31)20-11-15-22(16-12-20)25(30)27(5,6)32/h7-16,23,31-32H,1-2,17-18H2,3-6H3. The summed E-state index contributed by atoms with van der Waals surface area (Å²) in [5, 5.41) is 20.1. The van der Waals surface area contributed by atoms with Crippen molar-refractivity contribution in [1.29, 1.82) is 0 Å². The van der Waals surface area contributed by atoms with E-state index in [1.807, 2.05) is 36.4 Å². The van der Waals surface area contributed by atoms with Crippen LogP contribution in [0.5, 0.6) is 0 Å². The van der Waals surface area contributed by atoms with Crippen LogP contribution in [0.4, 0.5) is 0 Å². The van der Waals surface area contributed by atoms with Crippen LogP contribution < -0.4 is 0 Å². The molecule has 0 saturated carbocycles. The third-order valence-electron chi connectivity index (χ3n) is 5.18. The van der Waals surface area contributed by atoms with Crippen molar-refractivity contribution < 1.29 is 19.8 Å². The van der Waals surface area contributed by atoms with Gasteiger partial charge >= 0.3 is 0 Å². The SMILES string of the molecule is C=CCN(CC=C)C(c1ccc(C(=O)C(C)(C)O)cc1)c1ccc(C(=O)C(C)(C)O)cc1. The summed E-state index contributed by atoms with van der Waals surface area (Å²) in [7, 11) is 0. The molecule has 2 rings (SSSR count). The number of aliphatic hydroxyl groups is 2. The molecule has 2 aromatic rings. The zero-order valence-corrected chi connectivity index (χ0v) is 19.3. The molecule has 0 atom stereocenters. The van der Waals surface area contributed by atoms with Gasteiger partial charge in [-0.05, 0) is 38.8 Å². The molecule has 0 fully saturated rings. The molecular weight excluding hydrogens is 402 g/mol. The average molecular weight is 436 g/mol. The molecule has 5 heteroatoms. The van der Waals surface area contributed by atoms with E-state index in [1.54, 1.807) is 24.3 Å². The average Bonchev–Trinajstić information content (AvgIpc) is 2.73. The number of carbonyl (C=O) groups is 2. The van der Waals surface area contributed by atoms with Crippen LogP contribution >= 0.6 is 0 Å². The third kappa shape index (κ3) is 6.10. The zero-order chi connectivity index (χ0) is 24.1. The molecule has 0 heterocycles. The van der Waals surface area contributed by atoms with Crippen molar-refractivity contribution in [3.8, 4) is 0 Å². The fraction of sp³-hybridized carbons (Fsp3) is 0.333. The van der Waals surface area contributed by atoms with E-state index in [-0.39, 0.29) is 17.6 Å². The molecule has 0 spiro atoms. The van der Waals surface area contributed by atoms with Crippen molar-refractivity contribution in [3.05, 3.63) is 96.1 Å². The summed E-state index contributed by atoms with van der Waals surface area (Å²) in [6, 6.07) is 14.2. The van der Waals surface area contributed by atoms with Gasteiger partial charge in [-0.3, -0.25) is 14.5 Å².